The molecule has 1 unspecified atom stereocenters. The van der Waals surface area contributed by atoms with Crippen molar-refractivity contribution < 1.29 is 5.11 Å². The Labute approximate surface area is 97.5 Å². The van der Waals surface area contributed by atoms with Crippen molar-refractivity contribution >= 4 is 27.3 Å². The Balaban J connectivity index is 2.53. The first-order chi connectivity index (χ1) is 6.67. The van der Waals surface area contributed by atoms with Crippen LogP contribution in [0.5, 0.6) is 0 Å². The van der Waals surface area contributed by atoms with E-state index in [1.54, 1.807) is 11.3 Å². The summed E-state index contributed by atoms with van der Waals surface area (Å²) in [6.07, 6.45) is 0.952. The molecule has 0 saturated heterocycles. The predicted molar refractivity (Wildman–Crippen MR) is 64.7 cm³/mol. The number of aliphatic hydroxyl groups is 1. The Morgan fingerprint density at radius 3 is 2.71 bits per heavy atom. The minimum absolute atomic E-state index is 0.200. The van der Waals surface area contributed by atoms with E-state index in [-0.39, 0.29) is 12.6 Å². The van der Waals surface area contributed by atoms with Crippen LogP contribution in [0.4, 0.5) is 0 Å². The van der Waals surface area contributed by atoms with Crippen LogP contribution in [0.2, 0.25) is 0 Å². The zero-order chi connectivity index (χ0) is 10.6. The molecule has 1 aromatic rings. The molecular formula is C10H16BrNOS. The molecule has 0 bridgehead atoms. The van der Waals surface area contributed by atoms with Gasteiger partial charge in [-0.25, -0.2) is 0 Å². The maximum absolute atomic E-state index is 9.06. The van der Waals surface area contributed by atoms with Crippen LogP contribution in [-0.4, -0.2) is 17.8 Å². The topological polar surface area (TPSA) is 32.3 Å². The van der Waals surface area contributed by atoms with E-state index < -0.39 is 0 Å². The second-order valence-corrected chi connectivity index (χ2v) is 5.81. The maximum atomic E-state index is 9.06. The van der Waals surface area contributed by atoms with Gasteiger partial charge < -0.3 is 10.4 Å². The lowest BCUT2D eigenvalue weighted by atomic mass is 10.2. The number of nitrogens with one attached hydrogen (secondary N) is 1. The zero-order valence-corrected chi connectivity index (χ0v) is 10.9. The highest BCUT2D eigenvalue weighted by Crippen LogP contribution is 2.27. The minimum Gasteiger partial charge on any atom is -0.395 e. The van der Waals surface area contributed by atoms with Gasteiger partial charge in [0.1, 0.15) is 0 Å². The summed E-state index contributed by atoms with van der Waals surface area (Å²) in [5.41, 5.74) is 0. The Morgan fingerprint density at radius 1 is 1.57 bits per heavy atom. The predicted octanol–water partition coefficient (Wildman–Crippen LogP) is 2.93. The van der Waals surface area contributed by atoms with E-state index in [0.717, 1.165) is 10.2 Å². The first-order valence-corrected chi connectivity index (χ1v) is 6.40. The fourth-order valence-corrected chi connectivity index (χ4v) is 2.73. The van der Waals surface area contributed by atoms with Crippen LogP contribution < -0.4 is 5.32 Å². The standard InChI is InChI=1S/C10H16BrNOS/c1-3-8(6-13)12-7(2)9-4-5-10(11)14-9/h4-5,7-8,12-13H,3,6H2,1-2H3/t7?,8-/m0/s1. The fraction of sp³-hybridized carbons (Fsp3) is 0.600. The summed E-state index contributed by atoms with van der Waals surface area (Å²) in [6, 6.07) is 4.67. The average Bonchev–Trinajstić information content (AvgIpc) is 2.61. The summed E-state index contributed by atoms with van der Waals surface area (Å²) in [5.74, 6) is 0. The summed E-state index contributed by atoms with van der Waals surface area (Å²) < 4.78 is 1.15. The Morgan fingerprint density at radius 2 is 2.29 bits per heavy atom. The Hall–Kier alpha value is 0.1000. The number of thiophene rings is 1. The SMILES string of the molecule is CC[C@@H](CO)NC(C)c1ccc(Br)s1. The van der Waals surface area contributed by atoms with E-state index in [1.807, 2.05) is 0 Å². The molecular weight excluding hydrogens is 262 g/mol. The van der Waals surface area contributed by atoms with Crippen LogP contribution in [0.1, 0.15) is 31.2 Å². The van der Waals surface area contributed by atoms with E-state index in [1.165, 1.54) is 4.88 Å². The highest BCUT2D eigenvalue weighted by atomic mass is 79.9. The van der Waals surface area contributed by atoms with Crippen molar-refractivity contribution in [1.82, 2.24) is 5.32 Å². The average molecular weight is 278 g/mol. The number of aliphatic hydroxyl groups excluding tert-OH is 1. The lowest BCUT2D eigenvalue weighted by Gasteiger charge is -2.19. The molecule has 2 N–H and O–H groups in total. The smallest absolute Gasteiger partial charge is 0.0701 e. The molecule has 14 heavy (non-hydrogen) atoms. The van der Waals surface area contributed by atoms with Crippen molar-refractivity contribution in [2.45, 2.75) is 32.4 Å². The summed E-state index contributed by atoms with van der Waals surface area (Å²) in [4.78, 5) is 1.30. The lowest BCUT2D eigenvalue weighted by molar-refractivity contribution is 0.230. The maximum Gasteiger partial charge on any atom is 0.0701 e. The van der Waals surface area contributed by atoms with Gasteiger partial charge in [-0.05, 0) is 41.4 Å². The molecule has 2 atom stereocenters. The third-order valence-corrected chi connectivity index (χ3v) is 4.03. The van der Waals surface area contributed by atoms with Gasteiger partial charge in [-0.3, -0.25) is 0 Å². The third-order valence-electron chi connectivity index (χ3n) is 2.22. The number of hydrogen-bond acceptors (Lipinski definition) is 3. The highest BCUT2D eigenvalue weighted by molar-refractivity contribution is 9.11. The minimum atomic E-state index is 0.200. The molecule has 0 aliphatic rings. The third kappa shape index (κ3) is 3.35. The van der Waals surface area contributed by atoms with Gasteiger partial charge in [0.2, 0.25) is 0 Å². The van der Waals surface area contributed by atoms with E-state index in [9.17, 15) is 0 Å². The van der Waals surface area contributed by atoms with Crippen LogP contribution in [0.25, 0.3) is 0 Å². The molecule has 0 fully saturated rings. The summed E-state index contributed by atoms with van der Waals surface area (Å²) in [6.45, 7) is 4.40. The quantitative estimate of drug-likeness (QED) is 0.868. The molecule has 0 aliphatic carbocycles. The van der Waals surface area contributed by atoms with Crippen molar-refractivity contribution in [3.05, 3.63) is 20.8 Å². The van der Waals surface area contributed by atoms with Gasteiger partial charge >= 0.3 is 0 Å². The Kier molecular flexibility index (Phi) is 5.09. The Bertz CT molecular complexity index is 273. The first kappa shape index (κ1) is 12.2. The summed E-state index contributed by atoms with van der Waals surface area (Å²) in [7, 11) is 0. The normalized spacial score (nSPS) is 15.4. The van der Waals surface area contributed by atoms with Crippen LogP contribution >= 0.6 is 27.3 Å². The molecule has 0 radical (unpaired) electrons. The van der Waals surface area contributed by atoms with Gasteiger partial charge in [-0.2, -0.15) is 0 Å². The summed E-state index contributed by atoms with van der Waals surface area (Å²) >= 11 is 5.17. The first-order valence-electron chi connectivity index (χ1n) is 4.79. The summed E-state index contributed by atoms with van der Waals surface area (Å²) in [5, 5.41) is 12.4. The van der Waals surface area contributed by atoms with Gasteiger partial charge in [0.25, 0.3) is 0 Å². The van der Waals surface area contributed by atoms with Gasteiger partial charge in [0.15, 0.2) is 0 Å². The van der Waals surface area contributed by atoms with Crippen LogP contribution in [0, 0.1) is 0 Å². The fourth-order valence-electron chi connectivity index (χ4n) is 1.30. The molecule has 0 saturated carbocycles. The molecule has 1 heterocycles. The molecule has 0 amide bonds. The molecule has 0 spiro atoms. The lowest BCUT2D eigenvalue weighted by Crippen LogP contribution is -2.33. The van der Waals surface area contributed by atoms with Crippen molar-refractivity contribution in [1.29, 1.82) is 0 Å². The van der Waals surface area contributed by atoms with Gasteiger partial charge in [-0.1, -0.05) is 6.92 Å². The van der Waals surface area contributed by atoms with Crippen molar-refractivity contribution in [2.24, 2.45) is 0 Å². The monoisotopic (exact) mass is 277 g/mol. The molecule has 1 rings (SSSR count). The molecule has 4 heteroatoms. The van der Waals surface area contributed by atoms with E-state index in [0.29, 0.717) is 6.04 Å². The van der Waals surface area contributed by atoms with Crippen LogP contribution in [0.3, 0.4) is 0 Å². The van der Waals surface area contributed by atoms with Gasteiger partial charge in [0.05, 0.1) is 10.4 Å². The van der Waals surface area contributed by atoms with E-state index >= 15 is 0 Å². The number of rotatable bonds is 5. The molecule has 0 aromatic carbocycles. The van der Waals surface area contributed by atoms with E-state index in [4.69, 9.17) is 5.11 Å². The van der Waals surface area contributed by atoms with Crippen molar-refractivity contribution in [3.63, 3.8) is 0 Å². The van der Waals surface area contributed by atoms with Crippen LogP contribution in [-0.2, 0) is 0 Å². The van der Waals surface area contributed by atoms with Gasteiger partial charge in [-0.15, -0.1) is 11.3 Å². The van der Waals surface area contributed by atoms with Gasteiger partial charge in [0, 0.05) is 17.0 Å². The van der Waals surface area contributed by atoms with Crippen molar-refractivity contribution in [3.8, 4) is 0 Å². The highest BCUT2D eigenvalue weighted by Gasteiger charge is 2.12. The molecule has 2 nitrogen and oxygen atoms in total. The second-order valence-electron chi connectivity index (χ2n) is 3.32. The largest absolute Gasteiger partial charge is 0.395 e. The van der Waals surface area contributed by atoms with Crippen LogP contribution in [0.15, 0.2) is 15.9 Å². The molecule has 1 aromatic heterocycles. The number of hydrogen-bond donors (Lipinski definition) is 2. The van der Waals surface area contributed by atoms with E-state index in [2.05, 4.69) is 47.2 Å². The molecule has 80 valence electrons. The number of halogens is 1. The zero-order valence-electron chi connectivity index (χ0n) is 8.46. The van der Waals surface area contributed by atoms with Crippen molar-refractivity contribution in [2.75, 3.05) is 6.61 Å². The molecule has 0 aliphatic heterocycles. The second kappa shape index (κ2) is 5.85.